The molecule has 0 aliphatic heterocycles. The summed E-state index contributed by atoms with van der Waals surface area (Å²) in [7, 11) is 0. The Morgan fingerprint density at radius 1 is 1.25 bits per heavy atom. The van der Waals surface area contributed by atoms with Crippen molar-refractivity contribution in [2.75, 3.05) is 6.54 Å². The number of pyridine rings is 1. The Morgan fingerprint density at radius 2 is 2.15 bits per heavy atom. The van der Waals surface area contributed by atoms with Crippen LogP contribution < -0.4 is 5.32 Å². The average molecular weight is 302 g/mol. The summed E-state index contributed by atoms with van der Waals surface area (Å²) in [6.45, 7) is 5.37. The molecule has 3 aromatic heterocycles. The molecule has 2 nitrogen and oxygen atoms in total. The van der Waals surface area contributed by atoms with Gasteiger partial charge in [0.05, 0.1) is 16.3 Å². The van der Waals surface area contributed by atoms with Crippen LogP contribution in [0.2, 0.25) is 0 Å². The minimum absolute atomic E-state index is 0.249. The number of hydrogen-bond donors (Lipinski definition) is 1. The quantitative estimate of drug-likeness (QED) is 0.735. The SMILES string of the molecule is CCCNC(c1csc(C)c1)c1cnc2ccsc2c1. The number of rotatable bonds is 5. The number of hydrogen-bond acceptors (Lipinski definition) is 4. The van der Waals surface area contributed by atoms with Crippen molar-refractivity contribution in [3.63, 3.8) is 0 Å². The molecular formula is C16H18N2S2. The van der Waals surface area contributed by atoms with E-state index in [0.717, 1.165) is 18.5 Å². The molecule has 1 unspecified atom stereocenters. The van der Waals surface area contributed by atoms with Crippen LogP contribution in [0, 0.1) is 6.92 Å². The predicted molar refractivity (Wildman–Crippen MR) is 88.8 cm³/mol. The van der Waals surface area contributed by atoms with Crippen molar-refractivity contribution in [1.29, 1.82) is 0 Å². The lowest BCUT2D eigenvalue weighted by atomic mass is 10.0. The molecule has 1 N–H and O–H groups in total. The van der Waals surface area contributed by atoms with Crippen LogP contribution in [0.25, 0.3) is 10.2 Å². The molecule has 0 amide bonds. The molecule has 0 bridgehead atoms. The van der Waals surface area contributed by atoms with Crippen LogP contribution in [-0.4, -0.2) is 11.5 Å². The van der Waals surface area contributed by atoms with E-state index in [1.54, 1.807) is 11.3 Å². The summed E-state index contributed by atoms with van der Waals surface area (Å²) in [5.74, 6) is 0. The minimum Gasteiger partial charge on any atom is -0.306 e. The van der Waals surface area contributed by atoms with Crippen molar-refractivity contribution in [2.45, 2.75) is 26.3 Å². The van der Waals surface area contributed by atoms with Gasteiger partial charge in [-0.25, -0.2) is 0 Å². The molecule has 104 valence electrons. The van der Waals surface area contributed by atoms with Crippen LogP contribution in [0.1, 0.15) is 35.4 Å². The Balaban J connectivity index is 1.98. The highest BCUT2D eigenvalue weighted by atomic mass is 32.1. The zero-order chi connectivity index (χ0) is 13.9. The van der Waals surface area contributed by atoms with Crippen LogP contribution in [0.3, 0.4) is 0 Å². The second kappa shape index (κ2) is 6.04. The molecule has 0 fully saturated rings. The first-order valence-electron chi connectivity index (χ1n) is 6.89. The van der Waals surface area contributed by atoms with Gasteiger partial charge in [0.2, 0.25) is 0 Å². The molecule has 0 radical (unpaired) electrons. The van der Waals surface area contributed by atoms with E-state index in [2.05, 4.69) is 53.1 Å². The molecule has 3 heterocycles. The monoisotopic (exact) mass is 302 g/mol. The van der Waals surface area contributed by atoms with Gasteiger partial charge in [0.15, 0.2) is 0 Å². The van der Waals surface area contributed by atoms with E-state index in [4.69, 9.17) is 0 Å². The summed E-state index contributed by atoms with van der Waals surface area (Å²) in [5.41, 5.74) is 3.69. The van der Waals surface area contributed by atoms with Gasteiger partial charge in [0, 0.05) is 11.1 Å². The maximum absolute atomic E-state index is 4.58. The van der Waals surface area contributed by atoms with Gasteiger partial charge in [0.1, 0.15) is 0 Å². The third kappa shape index (κ3) is 2.77. The average Bonchev–Trinajstić information content (AvgIpc) is 3.07. The number of aromatic nitrogens is 1. The standard InChI is InChI=1S/C16H18N2S2/c1-3-5-17-16(13-7-11(2)20-10-13)12-8-15-14(18-9-12)4-6-19-15/h4,6-10,16-17H,3,5H2,1-2H3. The Bertz CT molecular complexity index is 699. The molecular weight excluding hydrogens is 284 g/mol. The zero-order valence-corrected chi connectivity index (χ0v) is 13.4. The van der Waals surface area contributed by atoms with Crippen molar-refractivity contribution in [2.24, 2.45) is 0 Å². The summed E-state index contributed by atoms with van der Waals surface area (Å²) in [6.07, 6.45) is 3.14. The lowest BCUT2D eigenvalue weighted by molar-refractivity contribution is 0.599. The topological polar surface area (TPSA) is 24.9 Å². The van der Waals surface area contributed by atoms with E-state index in [1.165, 1.54) is 20.7 Å². The first-order valence-corrected chi connectivity index (χ1v) is 8.65. The molecule has 3 rings (SSSR count). The molecule has 20 heavy (non-hydrogen) atoms. The number of nitrogens with zero attached hydrogens (tertiary/aromatic N) is 1. The van der Waals surface area contributed by atoms with E-state index < -0.39 is 0 Å². The van der Waals surface area contributed by atoms with Gasteiger partial charge in [0.25, 0.3) is 0 Å². The van der Waals surface area contributed by atoms with Crippen LogP contribution in [0.4, 0.5) is 0 Å². The molecule has 0 aliphatic carbocycles. The maximum atomic E-state index is 4.58. The molecule has 0 saturated heterocycles. The van der Waals surface area contributed by atoms with Crippen molar-refractivity contribution in [3.8, 4) is 0 Å². The summed E-state index contributed by atoms with van der Waals surface area (Å²) in [6, 6.07) is 6.87. The largest absolute Gasteiger partial charge is 0.306 e. The fourth-order valence-corrected chi connectivity index (χ4v) is 3.87. The van der Waals surface area contributed by atoms with Gasteiger partial charge < -0.3 is 5.32 Å². The maximum Gasteiger partial charge on any atom is 0.0809 e. The van der Waals surface area contributed by atoms with Crippen molar-refractivity contribution in [1.82, 2.24) is 10.3 Å². The highest BCUT2D eigenvalue weighted by molar-refractivity contribution is 7.17. The number of thiophene rings is 2. The van der Waals surface area contributed by atoms with E-state index in [0.29, 0.717) is 0 Å². The molecule has 0 aliphatic rings. The summed E-state index contributed by atoms with van der Waals surface area (Å²) < 4.78 is 1.26. The Kier molecular flexibility index (Phi) is 4.15. The second-order valence-electron chi connectivity index (χ2n) is 4.95. The van der Waals surface area contributed by atoms with Gasteiger partial charge in [-0.05, 0) is 60.0 Å². The Labute approximate surface area is 127 Å². The van der Waals surface area contributed by atoms with Crippen LogP contribution >= 0.6 is 22.7 Å². The highest BCUT2D eigenvalue weighted by Crippen LogP contribution is 2.29. The van der Waals surface area contributed by atoms with Gasteiger partial charge in [-0.1, -0.05) is 6.92 Å². The van der Waals surface area contributed by atoms with Crippen molar-refractivity contribution < 1.29 is 0 Å². The van der Waals surface area contributed by atoms with E-state index in [-0.39, 0.29) is 6.04 Å². The van der Waals surface area contributed by atoms with Gasteiger partial charge in [-0.2, -0.15) is 0 Å². The summed E-state index contributed by atoms with van der Waals surface area (Å²) >= 11 is 3.56. The highest BCUT2D eigenvalue weighted by Gasteiger charge is 2.15. The molecule has 0 spiro atoms. The van der Waals surface area contributed by atoms with Crippen molar-refractivity contribution in [3.05, 3.63) is 51.2 Å². The van der Waals surface area contributed by atoms with E-state index in [1.807, 2.05) is 17.5 Å². The van der Waals surface area contributed by atoms with Gasteiger partial charge >= 0.3 is 0 Å². The summed E-state index contributed by atoms with van der Waals surface area (Å²) in [5, 5.41) is 8.00. The minimum atomic E-state index is 0.249. The molecule has 4 heteroatoms. The van der Waals surface area contributed by atoms with E-state index in [9.17, 15) is 0 Å². The molecule has 0 aromatic carbocycles. The second-order valence-corrected chi connectivity index (χ2v) is 7.01. The predicted octanol–water partition coefficient (Wildman–Crippen LogP) is 4.76. The number of nitrogens with one attached hydrogen (secondary N) is 1. The van der Waals surface area contributed by atoms with Crippen molar-refractivity contribution >= 4 is 32.9 Å². The molecule has 0 saturated carbocycles. The third-order valence-electron chi connectivity index (χ3n) is 3.34. The van der Waals surface area contributed by atoms with Gasteiger partial charge in [-0.15, -0.1) is 22.7 Å². The smallest absolute Gasteiger partial charge is 0.0809 e. The van der Waals surface area contributed by atoms with Crippen LogP contribution in [0.15, 0.2) is 35.2 Å². The summed E-state index contributed by atoms with van der Waals surface area (Å²) in [4.78, 5) is 5.93. The fraction of sp³-hybridized carbons (Fsp3) is 0.312. The first-order chi connectivity index (χ1) is 9.78. The van der Waals surface area contributed by atoms with Gasteiger partial charge in [-0.3, -0.25) is 4.98 Å². The number of fused-ring (bicyclic) bond motifs is 1. The van der Waals surface area contributed by atoms with E-state index >= 15 is 0 Å². The Morgan fingerprint density at radius 3 is 2.90 bits per heavy atom. The molecule has 3 aromatic rings. The molecule has 1 atom stereocenters. The van der Waals surface area contributed by atoms with Crippen LogP contribution in [-0.2, 0) is 0 Å². The normalized spacial score (nSPS) is 12.9. The third-order valence-corrected chi connectivity index (χ3v) is 5.07. The lowest BCUT2D eigenvalue weighted by Gasteiger charge is -2.18. The number of aryl methyl sites for hydroxylation is 1. The lowest BCUT2D eigenvalue weighted by Crippen LogP contribution is -2.22. The fourth-order valence-electron chi connectivity index (χ4n) is 2.35. The van der Waals surface area contributed by atoms with Crippen LogP contribution in [0.5, 0.6) is 0 Å². The zero-order valence-electron chi connectivity index (χ0n) is 11.7. The Hall–Kier alpha value is -1.23. The first kappa shape index (κ1) is 13.7.